The lowest BCUT2D eigenvalue weighted by molar-refractivity contribution is -0.137. The average molecular weight is 493 g/mol. The Morgan fingerprint density at radius 1 is 0.618 bits per heavy atom. The summed E-state index contributed by atoms with van der Waals surface area (Å²) in [6.07, 6.45) is 1.43. The van der Waals surface area contributed by atoms with Crippen LogP contribution in [0.2, 0.25) is 0 Å². The second-order valence-electron chi connectivity index (χ2n) is 6.68. The van der Waals surface area contributed by atoms with Crippen LogP contribution >= 0.6 is 0 Å². The molecule has 0 aromatic heterocycles. The standard InChI is InChI=1S/C21H36N2O11/c24-19-1-2-20(25)23(19)4-6-29-8-10-31-12-14-33-16-18-34-17-15-32-13-11-30-9-7-28-5-3-22-21(26)27/h1-2,22H,3-18H2,(H,26,27). The highest BCUT2D eigenvalue weighted by Gasteiger charge is 2.22. The number of carboxylic acid groups (broad SMARTS) is 1. The van der Waals surface area contributed by atoms with Crippen LogP contribution in [0.4, 0.5) is 4.79 Å². The van der Waals surface area contributed by atoms with Crippen molar-refractivity contribution in [3.8, 4) is 0 Å². The minimum Gasteiger partial charge on any atom is -0.465 e. The van der Waals surface area contributed by atoms with Crippen molar-refractivity contribution in [1.82, 2.24) is 10.2 Å². The first-order valence-electron chi connectivity index (χ1n) is 11.2. The van der Waals surface area contributed by atoms with E-state index in [9.17, 15) is 14.4 Å². The molecule has 1 aliphatic heterocycles. The monoisotopic (exact) mass is 492 g/mol. The molecule has 0 aromatic carbocycles. The maximum atomic E-state index is 11.3. The summed E-state index contributed by atoms with van der Waals surface area (Å²) in [7, 11) is 0. The molecular weight excluding hydrogens is 456 g/mol. The van der Waals surface area contributed by atoms with Crippen molar-refractivity contribution in [2.45, 2.75) is 0 Å². The molecule has 13 heteroatoms. The average Bonchev–Trinajstić information content (AvgIpc) is 3.13. The Kier molecular flexibility index (Phi) is 18.8. The molecule has 1 heterocycles. The molecule has 1 rings (SSSR count). The third kappa shape index (κ3) is 17.4. The summed E-state index contributed by atoms with van der Waals surface area (Å²) >= 11 is 0. The third-order valence-electron chi connectivity index (χ3n) is 4.11. The van der Waals surface area contributed by atoms with Gasteiger partial charge in [0.15, 0.2) is 0 Å². The molecule has 2 N–H and O–H groups in total. The number of hydrogen-bond donors (Lipinski definition) is 2. The molecule has 0 unspecified atom stereocenters. The van der Waals surface area contributed by atoms with E-state index in [1.807, 2.05) is 0 Å². The van der Waals surface area contributed by atoms with E-state index in [-0.39, 0.29) is 31.5 Å². The topological polar surface area (TPSA) is 151 Å². The Labute approximate surface area is 199 Å². The fraction of sp³-hybridized carbons (Fsp3) is 0.762. The lowest BCUT2D eigenvalue weighted by atomic mass is 10.5. The van der Waals surface area contributed by atoms with Crippen molar-refractivity contribution in [3.05, 3.63) is 12.2 Å². The van der Waals surface area contributed by atoms with Crippen molar-refractivity contribution in [1.29, 1.82) is 0 Å². The Hall–Kier alpha value is -2.13. The van der Waals surface area contributed by atoms with Crippen LogP contribution in [-0.4, -0.2) is 133 Å². The van der Waals surface area contributed by atoms with E-state index in [1.165, 1.54) is 12.2 Å². The van der Waals surface area contributed by atoms with Crippen molar-refractivity contribution in [2.24, 2.45) is 0 Å². The van der Waals surface area contributed by atoms with Gasteiger partial charge in [0.05, 0.1) is 99.0 Å². The van der Waals surface area contributed by atoms with Gasteiger partial charge in [0.1, 0.15) is 0 Å². The second kappa shape index (κ2) is 21.4. The third-order valence-corrected chi connectivity index (χ3v) is 4.11. The molecule has 13 nitrogen and oxygen atoms in total. The molecule has 0 atom stereocenters. The number of ether oxygens (including phenoxy) is 7. The molecule has 0 saturated carbocycles. The van der Waals surface area contributed by atoms with Gasteiger partial charge in [-0.25, -0.2) is 4.79 Å². The molecule has 0 saturated heterocycles. The van der Waals surface area contributed by atoms with Gasteiger partial charge in [-0.1, -0.05) is 0 Å². The fourth-order valence-electron chi connectivity index (χ4n) is 2.46. The first kappa shape index (κ1) is 29.9. The molecule has 0 radical (unpaired) electrons. The molecule has 196 valence electrons. The molecule has 0 aliphatic carbocycles. The predicted molar refractivity (Wildman–Crippen MR) is 118 cm³/mol. The van der Waals surface area contributed by atoms with Gasteiger partial charge in [0.2, 0.25) is 0 Å². The lowest BCUT2D eigenvalue weighted by Gasteiger charge is -2.13. The Morgan fingerprint density at radius 3 is 1.29 bits per heavy atom. The van der Waals surface area contributed by atoms with Crippen LogP contribution < -0.4 is 5.32 Å². The number of carbonyl (C=O) groups excluding carboxylic acids is 2. The number of nitrogens with zero attached hydrogens (tertiary/aromatic N) is 1. The summed E-state index contributed by atoms with van der Waals surface area (Å²) in [6, 6.07) is 0. The van der Waals surface area contributed by atoms with E-state index in [0.29, 0.717) is 85.9 Å². The van der Waals surface area contributed by atoms with Crippen LogP contribution in [0.25, 0.3) is 0 Å². The highest BCUT2D eigenvalue weighted by atomic mass is 16.6. The van der Waals surface area contributed by atoms with Crippen LogP contribution in [0, 0.1) is 0 Å². The van der Waals surface area contributed by atoms with Crippen LogP contribution in [0.5, 0.6) is 0 Å². The Morgan fingerprint density at radius 2 is 0.941 bits per heavy atom. The first-order chi connectivity index (χ1) is 16.6. The van der Waals surface area contributed by atoms with Gasteiger partial charge in [-0.3, -0.25) is 14.5 Å². The maximum Gasteiger partial charge on any atom is 0.404 e. The summed E-state index contributed by atoms with van der Waals surface area (Å²) < 4.78 is 37.3. The van der Waals surface area contributed by atoms with E-state index in [2.05, 4.69) is 5.32 Å². The molecule has 3 amide bonds. The van der Waals surface area contributed by atoms with E-state index in [4.69, 9.17) is 38.3 Å². The van der Waals surface area contributed by atoms with E-state index in [1.54, 1.807) is 0 Å². The summed E-state index contributed by atoms with van der Waals surface area (Å²) in [5.41, 5.74) is 0. The van der Waals surface area contributed by atoms with Crippen molar-refractivity contribution in [2.75, 3.05) is 106 Å². The largest absolute Gasteiger partial charge is 0.465 e. The SMILES string of the molecule is O=C(O)NCCOCCOCCOCCOCCOCCOCCOCCN1C(=O)C=CC1=O. The fourth-order valence-corrected chi connectivity index (χ4v) is 2.46. The number of hydrogen-bond acceptors (Lipinski definition) is 10. The molecule has 0 fully saturated rings. The van der Waals surface area contributed by atoms with Gasteiger partial charge in [-0.05, 0) is 0 Å². The Bertz CT molecular complexity index is 571. The minimum absolute atomic E-state index is 0.235. The van der Waals surface area contributed by atoms with Crippen LogP contribution in [0.15, 0.2) is 12.2 Å². The zero-order valence-corrected chi connectivity index (χ0v) is 19.4. The molecular formula is C21H36N2O11. The van der Waals surface area contributed by atoms with E-state index >= 15 is 0 Å². The molecule has 1 aliphatic rings. The van der Waals surface area contributed by atoms with Gasteiger partial charge < -0.3 is 43.6 Å². The summed E-state index contributed by atoms with van der Waals surface area (Å²) in [5, 5.41) is 10.6. The van der Waals surface area contributed by atoms with Crippen LogP contribution in [0.3, 0.4) is 0 Å². The maximum absolute atomic E-state index is 11.3. The highest BCUT2D eigenvalue weighted by molar-refractivity contribution is 6.12. The van der Waals surface area contributed by atoms with Crippen molar-refractivity contribution < 1.29 is 52.6 Å². The number of amides is 3. The van der Waals surface area contributed by atoms with Gasteiger partial charge in [-0.15, -0.1) is 0 Å². The number of carbonyl (C=O) groups is 3. The molecule has 0 bridgehead atoms. The molecule has 0 spiro atoms. The molecule has 34 heavy (non-hydrogen) atoms. The van der Waals surface area contributed by atoms with Crippen LogP contribution in [-0.2, 0) is 42.7 Å². The molecule has 0 aromatic rings. The lowest BCUT2D eigenvalue weighted by Crippen LogP contribution is -2.33. The zero-order chi connectivity index (χ0) is 24.7. The Balaban J connectivity index is 1.67. The normalized spacial score (nSPS) is 13.2. The van der Waals surface area contributed by atoms with Crippen molar-refractivity contribution >= 4 is 17.9 Å². The van der Waals surface area contributed by atoms with E-state index < -0.39 is 6.09 Å². The van der Waals surface area contributed by atoms with Crippen LogP contribution in [0.1, 0.15) is 0 Å². The van der Waals surface area contributed by atoms with E-state index in [0.717, 1.165) is 4.90 Å². The van der Waals surface area contributed by atoms with Gasteiger partial charge in [0.25, 0.3) is 11.8 Å². The first-order valence-corrected chi connectivity index (χ1v) is 11.2. The number of imide groups is 1. The zero-order valence-electron chi connectivity index (χ0n) is 19.4. The highest BCUT2D eigenvalue weighted by Crippen LogP contribution is 2.02. The summed E-state index contributed by atoms with van der Waals surface area (Å²) in [5.74, 6) is -0.623. The second-order valence-corrected chi connectivity index (χ2v) is 6.68. The predicted octanol–water partition coefficient (Wildman–Crippen LogP) is -0.705. The van der Waals surface area contributed by atoms with Crippen molar-refractivity contribution in [3.63, 3.8) is 0 Å². The van der Waals surface area contributed by atoms with Gasteiger partial charge in [-0.2, -0.15) is 0 Å². The van der Waals surface area contributed by atoms with Gasteiger partial charge >= 0.3 is 6.09 Å². The minimum atomic E-state index is -1.07. The number of nitrogens with one attached hydrogen (secondary N) is 1. The number of rotatable bonds is 24. The van der Waals surface area contributed by atoms with Gasteiger partial charge in [0, 0.05) is 18.7 Å². The summed E-state index contributed by atoms with van der Waals surface area (Å²) in [6.45, 7) is 6.26. The quantitative estimate of drug-likeness (QED) is 0.130. The summed E-state index contributed by atoms with van der Waals surface area (Å²) in [4.78, 5) is 34.0. The smallest absolute Gasteiger partial charge is 0.404 e.